The predicted molar refractivity (Wildman–Crippen MR) is 70.2 cm³/mol. The van der Waals surface area contributed by atoms with Crippen LogP contribution in [-0.2, 0) is 11.2 Å². The average molecular weight is 241 g/mol. The summed E-state index contributed by atoms with van der Waals surface area (Å²) in [6.45, 7) is 3.00. The normalized spacial score (nSPS) is 12.7. The smallest absolute Gasteiger partial charge is 0.0462 e. The third-order valence-corrected chi connectivity index (χ3v) is 3.39. The maximum Gasteiger partial charge on any atom is 0.0462 e. The fraction of sp³-hybridized carbons (Fsp3) is 0.571. The monoisotopic (exact) mass is 240 g/mol. The Morgan fingerprint density at radius 1 is 1.31 bits per heavy atom. The van der Waals surface area contributed by atoms with Crippen molar-refractivity contribution in [2.45, 2.75) is 26.2 Å². The lowest BCUT2D eigenvalue weighted by Gasteiger charge is -2.15. The lowest BCUT2D eigenvalue weighted by Crippen LogP contribution is -2.08. The summed E-state index contributed by atoms with van der Waals surface area (Å²) in [7, 11) is 1.75. The highest BCUT2D eigenvalue weighted by Crippen LogP contribution is 2.18. The van der Waals surface area contributed by atoms with Gasteiger partial charge in [0.05, 0.1) is 0 Å². The van der Waals surface area contributed by atoms with Crippen LogP contribution in [0.1, 0.15) is 24.0 Å². The molecule has 1 aromatic rings. The minimum Gasteiger partial charge on any atom is -0.385 e. The average Bonchev–Trinajstić information content (AvgIpc) is 2.30. The molecule has 0 saturated carbocycles. The van der Waals surface area contributed by atoms with Crippen molar-refractivity contribution in [2.24, 2.45) is 5.92 Å². The van der Waals surface area contributed by atoms with E-state index in [4.69, 9.17) is 16.3 Å². The van der Waals surface area contributed by atoms with Crippen LogP contribution in [0.3, 0.4) is 0 Å². The topological polar surface area (TPSA) is 9.23 Å². The zero-order valence-corrected chi connectivity index (χ0v) is 11.0. The molecule has 1 nitrogen and oxygen atoms in total. The lowest BCUT2D eigenvalue weighted by molar-refractivity contribution is 0.188. The van der Waals surface area contributed by atoms with Crippen LogP contribution in [0.4, 0.5) is 0 Å². The molecular formula is C14H21ClO. The molecule has 0 aromatic heterocycles. The van der Waals surface area contributed by atoms with Gasteiger partial charge in [0.25, 0.3) is 0 Å². The Morgan fingerprint density at radius 3 is 2.69 bits per heavy atom. The fourth-order valence-electron chi connectivity index (χ4n) is 1.90. The number of hydrogen-bond donors (Lipinski definition) is 0. The number of aryl methyl sites for hydroxylation is 1. The first-order chi connectivity index (χ1) is 7.77. The zero-order valence-electron chi connectivity index (χ0n) is 10.2. The highest BCUT2D eigenvalue weighted by molar-refractivity contribution is 6.18. The molecule has 0 amide bonds. The van der Waals surface area contributed by atoms with E-state index >= 15 is 0 Å². The van der Waals surface area contributed by atoms with Gasteiger partial charge in [-0.15, -0.1) is 11.6 Å². The van der Waals surface area contributed by atoms with Crippen molar-refractivity contribution in [3.63, 3.8) is 0 Å². The minimum absolute atomic E-state index is 0.568. The molecule has 1 aromatic carbocycles. The second-order valence-corrected chi connectivity index (χ2v) is 4.59. The number of rotatable bonds is 7. The van der Waals surface area contributed by atoms with Crippen LogP contribution in [0.5, 0.6) is 0 Å². The Morgan fingerprint density at radius 2 is 2.06 bits per heavy atom. The van der Waals surface area contributed by atoms with Gasteiger partial charge < -0.3 is 4.74 Å². The van der Waals surface area contributed by atoms with Crippen molar-refractivity contribution >= 4 is 11.6 Å². The Labute approximate surface area is 104 Å². The predicted octanol–water partition coefficient (Wildman–Crippen LogP) is 3.82. The summed E-state index contributed by atoms with van der Waals surface area (Å²) in [5.41, 5.74) is 2.79. The van der Waals surface area contributed by atoms with Crippen molar-refractivity contribution < 1.29 is 4.74 Å². The molecule has 1 atom stereocenters. The van der Waals surface area contributed by atoms with Gasteiger partial charge in [-0.3, -0.25) is 0 Å². The standard InChI is InChI=1S/C14H21ClO/c1-12-6-3-4-8-14(12)10-13(11-15)7-5-9-16-2/h3-4,6,8,13H,5,7,9-11H2,1-2H3. The Hall–Kier alpha value is -0.530. The molecule has 0 aliphatic carbocycles. The van der Waals surface area contributed by atoms with Crippen molar-refractivity contribution in [1.82, 2.24) is 0 Å². The number of benzene rings is 1. The summed E-state index contributed by atoms with van der Waals surface area (Å²) in [5.74, 6) is 1.30. The first-order valence-corrected chi connectivity index (χ1v) is 6.40. The third kappa shape index (κ3) is 4.54. The van der Waals surface area contributed by atoms with Crippen LogP contribution in [0.2, 0.25) is 0 Å². The van der Waals surface area contributed by atoms with Gasteiger partial charge in [0, 0.05) is 19.6 Å². The highest BCUT2D eigenvalue weighted by atomic mass is 35.5. The van der Waals surface area contributed by atoms with Crippen LogP contribution in [0, 0.1) is 12.8 Å². The second kappa shape index (κ2) is 7.70. The largest absolute Gasteiger partial charge is 0.385 e. The summed E-state index contributed by atoms with van der Waals surface area (Å²) < 4.78 is 5.07. The van der Waals surface area contributed by atoms with Crippen LogP contribution in [0.15, 0.2) is 24.3 Å². The Kier molecular flexibility index (Phi) is 6.51. The second-order valence-electron chi connectivity index (χ2n) is 4.29. The van der Waals surface area contributed by atoms with Gasteiger partial charge in [-0.25, -0.2) is 0 Å². The molecule has 0 bridgehead atoms. The van der Waals surface area contributed by atoms with Crippen molar-refractivity contribution in [3.8, 4) is 0 Å². The maximum absolute atomic E-state index is 6.01. The van der Waals surface area contributed by atoms with E-state index in [1.807, 2.05) is 0 Å². The van der Waals surface area contributed by atoms with Gasteiger partial charge in [-0.2, -0.15) is 0 Å². The molecule has 0 saturated heterocycles. The van der Waals surface area contributed by atoms with E-state index in [-0.39, 0.29) is 0 Å². The minimum atomic E-state index is 0.568. The summed E-state index contributed by atoms with van der Waals surface area (Å²) >= 11 is 6.01. The summed E-state index contributed by atoms with van der Waals surface area (Å²) in [6, 6.07) is 8.54. The van der Waals surface area contributed by atoms with Crippen LogP contribution < -0.4 is 0 Å². The molecule has 0 aliphatic rings. The van der Waals surface area contributed by atoms with Crippen LogP contribution >= 0.6 is 11.6 Å². The van der Waals surface area contributed by atoms with Crippen molar-refractivity contribution in [2.75, 3.05) is 19.6 Å². The zero-order chi connectivity index (χ0) is 11.8. The number of ether oxygens (including phenoxy) is 1. The lowest BCUT2D eigenvalue weighted by atomic mass is 9.94. The third-order valence-electron chi connectivity index (χ3n) is 2.95. The molecule has 0 heterocycles. The first-order valence-electron chi connectivity index (χ1n) is 5.87. The van der Waals surface area contributed by atoms with E-state index < -0.39 is 0 Å². The molecule has 0 fully saturated rings. The molecular weight excluding hydrogens is 220 g/mol. The van der Waals surface area contributed by atoms with E-state index in [0.29, 0.717) is 5.92 Å². The van der Waals surface area contributed by atoms with E-state index in [1.54, 1.807) is 7.11 Å². The molecule has 0 spiro atoms. The molecule has 0 N–H and O–H groups in total. The Balaban J connectivity index is 2.46. The SMILES string of the molecule is COCCCC(CCl)Cc1ccccc1C. The number of methoxy groups -OCH3 is 1. The number of halogens is 1. The quantitative estimate of drug-likeness (QED) is 0.520. The van der Waals surface area contributed by atoms with Gasteiger partial charge in [0.2, 0.25) is 0 Å². The molecule has 1 unspecified atom stereocenters. The van der Waals surface area contributed by atoms with Crippen LogP contribution in [0.25, 0.3) is 0 Å². The van der Waals surface area contributed by atoms with Gasteiger partial charge in [-0.1, -0.05) is 24.3 Å². The van der Waals surface area contributed by atoms with Crippen molar-refractivity contribution in [3.05, 3.63) is 35.4 Å². The number of alkyl halides is 1. The molecule has 2 heteroatoms. The Bertz CT molecular complexity index is 299. The highest BCUT2D eigenvalue weighted by Gasteiger charge is 2.09. The van der Waals surface area contributed by atoms with Gasteiger partial charge >= 0.3 is 0 Å². The van der Waals surface area contributed by atoms with Gasteiger partial charge in [-0.05, 0) is 43.2 Å². The van der Waals surface area contributed by atoms with E-state index in [0.717, 1.165) is 31.7 Å². The van der Waals surface area contributed by atoms with E-state index in [2.05, 4.69) is 31.2 Å². The van der Waals surface area contributed by atoms with Crippen LogP contribution in [-0.4, -0.2) is 19.6 Å². The fourth-order valence-corrected chi connectivity index (χ4v) is 2.16. The molecule has 1 rings (SSSR count). The molecule has 16 heavy (non-hydrogen) atoms. The summed E-state index contributed by atoms with van der Waals surface area (Å²) in [4.78, 5) is 0. The van der Waals surface area contributed by atoms with Gasteiger partial charge in [0.1, 0.15) is 0 Å². The van der Waals surface area contributed by atoms with E-state index in [9.17, 15) is 0 Å². The molecule has 90 valence electrons. The first kappa shape index (κ1) is 13.5. The summed E-state index contributed by atoms with van der Waals surface area (Å²) in [6.07, 6.45) is 3.32. The van der Waals surface area contributed by atoms with E-state index in [1.165, 1.54) is 11.1 Å². The van der Waals surface area contributed by atoms with Crippen molar-refractivity contribution in [1.29, 1.82) is 0 Å². The molecule has 0 aliphatic heterocycles. The number of hydrogen-bond acceptors (Lipinski definition) is 1. The molecule has 0 radical (unpaired) electrons. The maximum atomic E-state index is 6.01. The van der Waals surface area contributed by atoms with Gasteiger partial charge in [0.15, 0.2) is 0 Å². The summed E-state index contributed by atoms with van der Waals surface area (Å²) in [5, 5.41) is 0.